The number of hydrogen-bond acceptors (Lipinski definition) is 0. The summed E-state index contributed by atoms with van der Waals surface area (Å²) in [6.07, 6.45) is 0. The van der Waals surface area contributed by atoms with Crippen molar-refractivity contribution in [2.24, 2.45) is 0 Å². The van der Waals surface area contributed by atoms with Crippen molar-refractivity contribution in [2.45, 2.75) is 0 Å². The summed E-state index contributed by atoms with van der Waals surface area (Å²) in [5, 5.41) is 5.72. The summed E-state index contributed by atoms with van der Waals surface area (Å²) in [5.41, 5.74) is 0. The van der Waals surface area contributed by atoms with Gasteiger partial charge >= 0.3 is 0 Å². The molecule has 0 spiro atoms. The van der Waals surface area contributed by atoms with Crippen LogP contribution < -0.4 is 0 Å². The lowest BCUT2D eigenvalue weighted by Crippen LogP contribution is -1.86. The molecule has 0 unspecified atom stereocenters. The van der Waals surface area contributed by atoms with E-state index in [1.807, 2.05) is 48.5 Å². The van der Waals surface area contributed by atoms with Crippen LogP contribution in [0.15, 0.2) is 60.7 Å². The zero-order chi connectivity index (χ0) is 13.7. The summed E-state index contributed by atoms with van der Waals surface area (Å²) in [7, 11) is 0. The molecule has 0 radical (unpaired) electrons. The smallest absolute Gasteiger partial charge is 0.159 e. The number of benzene rings is 4. The van der Waals surface area contributed by atoms with Gasteiger partial charge in [0.05, 0.1) is 0 Å². The van der Waals surface area contributed by atoms with Crippen LogP contribution in [0.4, 0.5) is 8.78 Å². The van der Waals surface area contributed by atoms with Crippen LogP contribution in [-0.2, 0) is 0 Å². The lowest BCUT2D eigenvalue weighted by molar-refractivity contribution is 0.511. The van der Waals surface area contributed by atoms with E-state index < -0.39 is 11.6 Å². The van der Waals surface area contributed by atoms with Crippen molar-refractivity contribution in [1.82, 2.24) is 0 Å². The maximum atomic E-state index is 13.5. The Labute approximate surface area is 114 Å². The highest BCUT2D eigenvalue weighted by Gasteiger charge is 2.08. The third kappa shape index (κ3) is 1.51. The molecule has 0 bridgehead atoms. The Kier molecular flexibility index (Phi) is 2.27. The number of fused-ring (bicyclic) bond motifs is 5. The van der Waals surface area contributed by atoms with Crippen molar-refractivity contribution in [2.75, 3.05) is 0 Å². The van der Waals surface area contributed by atoms with Crippen molar-refractivity contribution in [1.29, 1.82) is 0 Å². The summed E-state index contributed by atoms with van der Waals surface area (Å²) in [6.45, 7) is 0. The van der Waals surface area contributed by atoms with E-state index in [0.29, 0.717) is 5.39 Å². The zero-order valence-corrected chi connectivity index (χ0v) is 10.5. The van der Waals surface area contributed by atoms with Crippen LogP contribution in [0.5, 0.6) is 0 Å². The minimum absolute atomic E-state index is 0.715. The van der Waals surface area contributed by atoms with Gasteiger partial charge in [0.1, 0.15) is 0 Å². The molecule has 0 N–H and O–H groups in total. The van der Waals surface area contributed by atoms with Crippen molar-refractivity contribution < 1.29 is 8.78 Å². The molecule has 0 heterocycles. The standard InChI is InChI=1S/C18H10F2/c19-17-9-12-6-8-14-13-4-2-1-3-11(13)5-7-15(14)16(12)10-18(17)20/h1-10H. The first kappa shape index (κ1) is 11.4. The van der Waals surface area contributed by atoms with E-state index in [9.17, 15) is 8.78 Å². The summed E-state index contributed by atoms with van der Waals surface area (Å²) in [5.74, 6) is -1.62. The Balaban J connectivity index is 2.25. The lowest BCUT2D eigenvalue weighted by Gasteiger charge is -2.08. The predicted molar refractivity (Wildman–Crippen MR) is 78.9 cm³/mol. The summed E-state index contributed by atoms with van der Waals surface area (Å²) >= 11 is 0. The van der Waals surface area contributed by atoms with Crippen LogP contribution in [0.3, 0.4) is 0 Å². The van der Waals surface area contributed by atoms with Gasteiger partial charge in [-0.2, -0.15) is 0 Å². The van der Waals surface area contributed by atoms with E-state index in [4.69, 9.17) is 0 Å². The minimum Gasteiger partial charge on any atom is -0.204 e. The molecule has 2 heteroatoms. The quantitative estimate of drug-likeness (QED) is 0.372. The highest BCUT2D eigenvalue weighted by atomic mass is 19.2. The van der Waals surface area contributed by atoms with Gasteiger partial charge in [-0.25, -0.2) is 8.78 Å². The van der Waals surface area contributed by atoms with Gasteiger partial charge in [0.25, 0.3) is 0 Å². The molecule has 0 aliphatic carbocycles. The molecule has 0 aliphatic heterocycles. The predicted octanol–water partition coefficient (Wildman–Crippen LogP) is 5.42. The van der Waals surface area contributed by atoms with Gasteiger partial charge in [-0.05, 0) is 44.5 Å². The summed E-state index contributed by atoms with van der Waals surface area (Å²) in [4.78, 5) is 0. The van der Waals surface area contributed by atoms with E-state index in [-0.39, 0.29) is 0 Å². The van der Waals surface area contributed by atoms with E-state index in [2.05, 4.69) is 0 Å². The molecule has 0 fully saturated rings. The Morgan fingerprint density at radius 2 is 1.15 bits per heavy atom. The minimum atomic E-state index is -0.808. The molecule has 4 rings (SSSR count). The molecular formula is C18H10F2. The maximum absolute atomic E-state index is 13.5. The van der Waals surface area contributed by atoms with Crippen LogP contribution in [0, 0.1) is 11.6 Å². The van der Waals surface area contributed by atoms with Crippen molar-refractivity contribution >= 4 is 32.3 Å². The van der Waals surface area contributed by atoms with Crippen molar-refractivity contribution in [3.05, 3.63) is 72.3 Å². The Morgan fingerprint density at radius 3 is 2.00 bits per heavy atom. The second-order valence-corrected chi connectivity index (χ2v) is 4.93. The third-order valence-electron chi connectivity index (χ3n) is 3.78. The van der Waals surface area contributed by atoms with E-state index >= 15 is 0 Å². The average Bonchev–Trinajstić information content (AvgIpc) is 2.48. The van der Waals surface area contributed by atoms with Crippen LogP contribution in [0.1, 0.15) is 0 Å². The Hall–Kier alpha value is -2.48. The van der Waals surface area contributed by atoms with Crippen LogP contribution in [-0.4, -0.2) is 0 Å². The van der Waals surface area contributed by atoms with Gasteiger partial charge in [0, 0.05) is 0 Å². The fraction of sp³-hybridized carbons (Fsp3) is 0. The molecule has 0 saturated heterocycles. The van der Waals surface area contributed by atoms with E-state index in [1.165, 1.54) is 12.1 Å². The fourth-order valence-electron chi connectivity index (χ4n) is 2.82. The fourth-order valence-corrected chi connectivity index (χ4v) is 2.82. The monoisotopic (exact) mass is 264 g/mol. The SMILES string of the molecule is Fc1cc2ccc3c4ccccc4ccc3c2cc1F. The average molecular weight is 264 g/mol. The number of hydrogen-bond donors (Lipinski definition) is 0. The first-order chi connectivity index (χ1) is 9.74. The van der Waals surface area contributed by atoms with E-state index in [0.717, 1.165) is 26.9 Å². The second kappa shape index (κ2) is 4.01. The normalized spacial score (nSPS) is 11.5. The molecule has 4 aromatic rings. The zero-order valence-electron chi connectivity index (χ0n) is 10.5. The maximum Gasteiger partial charge on any atom is 0.159 e. The Morgan fingerprint density at radius 1 is 0.500 bits per heavy atom. The lowest BCUT2D eigenvalue weighted by atomic mass is 9.97. The van der Waals surface area contributed by atoms with Crippen LogP contribution in [0.25, 0.3) is 32.3 Å². The molecule has 0 nitrogen and oxygen atoms in total. The second-order valence-electron chi connectivity index (χ2n) is 4.93. The molecular weight excluding hydrogens is 254 g/mol. The number of rotatable bonds is 0. The van der Waals surface area contributed by atoms with Crippen molar-refractivity contribution in [3.8, 4) is 0 Å². The number of halogens is 2. The molecule has 0 atom stereocenters. The Bertz CT molecular complexity index is 971. The molecule has 0 aromatic heterocycles. The first-order valence-corrected chi connectivity index (χ1v) is 6.43. The molecule has 20 heavy (non-hydrogen) atoms. The van der Waals surface area contributed by atoms with Crippen LogP contribution >= 0.6 is 0 Å². The molecule has 0 saturated carbocycles. The first-order valence-electron chi connectivity index (χ1n) is 6.43. The molecule has 4 aromatic carbocycles. The molecule has 0 amide bonds. The van der Waals surface area contributed by atoms with Gasteiger partial charge in [-0.1, -0.05) is 48.5 Å². The topological polar surface area (TPSA) is 0 Å². The largest absolute Gasteiger partial charge is 0.204 e. The third-order valence-corrected chi connectivity index (χ3v) is 3.78. The van der Waals surface area contributed by atoms with Gasteiger partial charge in [0.2, 0.25) is 0 Å². The van der Waals surface area contributed by atoms with Gasteiger partial charge in [0.15, 0.2) is 11.6 Å². The molecule has 0 aliphatic rings. The van der Waals surface area contributed by atoms with Crippen LogP contribution in [0.2, 0.25) is 0 Å². The van der Waals surface area contributed by atoms with Gasteiger partial charge in [-0.15, -0.1) is 0 Å². The van der Waals surface area contributed by atoms with Gasteiger partial charge in [-0.3, -0.25) is 0 Å². The van der Waals surface area contributed by atoms with Crippen molar-refractivity contribution in [3.63, 3.8) is 0 Å². The summed E-state index contributed by atoms with van der Waals surface area (Å²) < 4.78 is 26.8. The molecule has 96 valence electrons. The van der Waals surface area contributed by atoms with E-state index in [1.54, 1.807) is 0 Å². The van der Waals surface area contributed by atoms with Gasteiger partial charge < -0.3 is 0 Å². The highest BCUT2D eigenvalue weighted by Crippen LogP contribution is 2.32. The highest BCUT2D eigenvalue weighted by molar-refractivity contribution is 6.17. The summed E-state index contributed by atoms with van der Waals surface area (Å²) in [6, 6.07) is 18.4.